The number of hydrogen-bond donors (Lipinski definition) is 2. The van der Waals surface area contributed by atoms with Crippen LogP contribution in [0.4, 0.5) is 8.78 Å². The first kappa shape index (κ1) is 13.3. The first-order valence-corrected chi connectivity index (χ1v) is 4.88. The number of alkyl halides is 2. The molecule has 7 heteroatoms. The van der Waals surface area contributed by atoms with Gasteiger partial charge in [-0.3, -0.25) is 9.78 Å². The van der Waals surface area contributed by atoms with Crippen molar-refractivity contribution >= 4 is 5.91 Å². The number of aromatic nitrogens is 1. The Labute approximate surface area is 96.4 Å². The number of hydrogen-bond acceptors (Lipinski definition) is 4. The predicted molar refractivity (Wildman–Crippen MR) is 55.1 cm³/mol. The summed E-state index contributed by atoms with van der Waals surface area (Å²) in [4.78, 5) is 15.1. The van der Waals surface area contributed by atoms with Crippen LogP contribution in [0.15, 0.2) is 18.5 Å². The number of carbonyl (C=O) groups is 1. The quantitative estimate of drug-likeness (QED) is 0.728. The van der Waals surface area contributed by atoms with Crippen molar-refractivity contribution in [2.24, 2.45) is 0 Å². The summed E-state index contributed by atoms with van der Waals surface area (Å²) in [7, 11) is 0. The molecule has 0 unspecified atom stereocenters. The normalized spacial score (nSPS) is 10.5. The molecule has 0 aliphatic carbocycles. The number of aromatic hydroxyl groups is 1. The molecule has 94 valence electrons. The Bertz CT molecular complexity index is 374. The van der Waals surface area contributed by atoms with Crippen molar-refractivity contribution in [1.29, 1.82) is 0 Å². The van der Waals surface area contributed by atoms with E-state index in [9.17, 15) is 18.7 Å². The van der Waals surface area contributed by atoms with Gasteiger partial charge in [-0.05, 0) is 6.07 Å². The van der Waals surface area contributed by atoms with E-state index in [4.69, 9.17) is 0 Å². The second-order valence-corrected chi connectivity index (χ2v) is 3.11. The smallest absolute Gasteiger partial charge is 0.261 e. The fourth-order valence-electron chi connectivity index (χ4n) is 1.08. The van der Waals surface area contributed by atoms with E-state index in [0.717, 1.165) is 6.20 Å². The molecule has 1 aromatic rings. The molecule has 1 amide bonds. The lowest BCUT2D eigenvalue weighted by molar-refractivity contribution is 0.0188. The molecule has 1 aromatic heterocycles. The summed E-state index contributed by atoms with van der Waals surface area (Å²) >= 11 is 0. The van der Waals surface area contributed by atoms with Gasteiger partial charge in [0.15, 0.2) is 0 Å². The predicted octanol–water partition coefficient (Wildman–Crippen LogP) is 0.799. The maximum absolute atomic E-state index is 11.7. The molecule has 17 heavy (non-hydrogen) atoms. The zero-order valence-corrected chi connectivity index (χ0v) is 8.90. The summed E-state index contributed by atoms with van der Waals surface area (Å²) in [5, 5.41) is 11.7. The van der Waals surface area contributed by atoms with E-state index in [1.165, 1.54) is 12.3 Å². The monoisotopic (exact) mass is 246 g/mol. The van der Waals surface area contributed by atoms with Gasteiger partial charge in [0, 0.05) is 12.7 Å². The minimum Gasteiger partial charge on any atom is -0.505 e. The highest BCUT2D eigenvalue weighted by atomic mass is 19.3. The molecule has 0 aliphatic rings. The molecule has 1 rings (SSSR count). The first-order valence-electron chi connectivity index (χ1n) is 4.88. The summed E-state index contributed by atoms with van der Waals surface area (Å²) in [5.74, 6) is -0.746. The summed E-state index contributed by atoms with van der Waals surface area (Å²) in [6, 6.07) is 1.35. The molecule has 0 saturated heterocycles. The summed E-state index contributed by atoms with van der Waals surface area (Å²) in [5.41, 5.74) is 0.0776. The molecule has 1 heterocycles. The maximum atomic E-state index is 11.7. The van der Waals surface area contributed by atoms with Crippen LogP contribution in [-0.4, -0.2) is 42.2 Å². The summed E-state index contributed by atoms with van der Waals surface area (Å²) < 4.78 is 27.9. The van der Waals surface area contributed by atoms with Gasteiger partial charge < -0.3 is 15.2 Å². The lowest BCUT2D eigenvalue weighted by Gasteiger charge is -2.06. The van der Waals surface area contributed by atoms with Gasteiger partial charge in [-0.25, -0.2) is 8.78 Å². The standard InChI is InChI=1S/C10H12F2N2O3/c11-9(12)6-17-4-3-14-10(16)7-1-2-13-5-8(7)15/h1-2,5,9,15H,3-4,6H2,(H,14,16). The third-order valence-corrected chi connectivity index (χ3v) is 1.82. The van der Waals surface area contributed by atoms with Gasteiger partial charge >= 0.3 is 0 Å². The number of amides is 1. The Kier molecular flexibility index (Phi) is 5.28. The van der Waals surface area contributed by atoms with Gasteiger partial charge in [-0.1, -0.05) is 0 Å². The number of carbonyl (C=O) groups excluding carboxylic acids is 1. The van der Waals surface area contributed by atoms with Crippen LogP contribution in [-0.2, 0) is 4.74 Å². The second kappa shape index (κ2) is 6.74. The number of rotatable bonds is 6. The van der Waals surface area contributed by atoms with Gasteiger partial charge in [0.25, 0.3) is 12.3 Å². The average molecular weight is 246 g/mol. The van der Waals surface area contributed by atoms with E-state index >= 15 is 0 Å². The molecule has 0 saturated carbocycles. The third kappa shape index (κ3) is 4.73. The van der Waals surface area contributed by atoms with Crippen molar-refractivity contribution in [2.75, 3.05) is 19.8 Å². The van der Waals surface area contributed by atoms with Crippen LogP contribution in [0.3, 0.4) is 0 Å². The summed E-state index contributed by atoms with van der Waals surface area (Å²) in [6.07, 6.45) is -0.0145. The highest BCUT2D eigenvalue weighted by Gasteiger charge is 2.09. The van der Waals surface area contributed by atoms with Crippen molar-refractivity contribution in [3.8, 4) is 5.75 Å². The number of pyridine rings is 1. The molecule has 0 spiro atoms. The van der Waals surface area contributed by atoms with Gasteiger partial charge in [-0.15, -0.1) is 0 Å². The van der Waals surface area contributed by atoms with Crippen molar-refractivity contribution in [1.82, 2.24) is 10.3 Å². The van der Waals surface area contributed by atoms with E-state index in [0.29, 0.717) is 0 Å². The fraction of sp³-hybridized carbons (Fsp3) is 0.400. The summed E-state index contributed by atoms with van der Waals surface area (Å²) in [6.45, 7) is -0.578. The molecule has 0 bridgehead atoms. The third-order valence-electron chi connectivity index (χ3n) is 1.82. The minimum atomic E-state index is -2.52. The van der Waals surface area contributed by atoms with Crippen molar-refractivity contribution in [3.05, 3.63) is 24.0 Å². The zero-order chi connectivity index (χ0) is 12.7. The Hall–Kier alpha value is -1.76. The largest absolute Gasteiger partial charge is 0.505 e. The van der Waals surface area contributed by atoms with E-state index in [1.54, 1.807) is 0 Å². The zero-order valence-electron chi connectivity index (χ0n) is 8.90. The minimum absolute atomic E-state index is 0.0120. The topological polar surface area (TPSA) is 71.5 Å². The van der Waals surface area contributed by atoms with Crippen molar-refractivity contribution in [2.45, 2.75) is 6.43 Å². The van der Waals surface area contributed by atoms with Gasteiger partial charge in [0.1, 0.15) is 12.4 Å². The van der Waals surface area contributed by atoms with E-state index < -0.39 is 18.9 Å². The van der Waals surface area contributed by atoms with E-state index in [-0.39, 0.29) is 24.5 Å². The molecule has 0 aliphatic heterocycles. The number of nitrogens with zero attached hydrogens (tertiary/aromatic N) is 1. The van der Waals surface area contributed by atoms with Gasteiger partial charge in [0.2, 0.25) is 0 Å². The molecule has 5 nitrogen and oxygen atoms in total. The van der Waals surface area contributed by atoms with Crippen LogP contribution >= 0.6 is 0 Å². The Morgan fingerprint density at radius 3 is 3.00 bits per heavy atom. The first-order chi connectivity index (χ1) is 8.11. The molecule has 2 N–H and O–H groups in total. The van der Waals surface area contributed by atoms with Crippen LogP contribution in [0.25, 0.3) is 0 Å². The lowest BCUT2D eigenvalue weighted by Crippen LogP contribution is -2.27. The Morgan fingerprint density at radius 2 is 2.35 bits per heavy atom. The van der Waals surface area contributed by atoms with Gasteiger partial charge in [-0.2, -0.15) is 0 Å². The average Bonchev–Trinajstić information content (AvgIpc) is 2.28. The number of halogens is 2. The van der Waals surface area contributed by atoms with E-state index in [1.807, 2.05) is 0 Å². The molecular weight excluding hydrogens is 234 g/mol. The lowest BCUT2D eigenvalue weighted by atomic mass is 10.2. The second-order valence-electron chi connectivity index (χ2n) is 3.11. The molecule has 0 aromatic carbocycles. The van der Waals surface area contributed by atoms with Gasteiger partial charge in [0.05, 0.1) is 18.4 Å². The molecule has 0 atom stereocenters. The van der Waals surface area contributed by atoms with Crippen LogP contribution in [0.1, 0.15) is 10.4 Å². The van der Waals surface area contributed by atoms with Crippen molar-refractivity contribution in [3.63, 3.8) is 0 Å². The number of nitrogens with one attached hydrogen (secondary N) is 1. The van der Waals surface area contributed by atoms with Crippen molar-refractivity contribution < 1.29 is 23.4 Å². The van der Waals surface area contributed by atoms with Crippen LogP contribution < -0.4 is 5.32 Å². The molecule has 0 radical (unpaired) electrons. The fourth-order valence-corrected chi connectivity index (χ4v) is 1.08. The van der Waals surface area contributed by atoms with E-state index in [2.05, 4.69) is 15.0 Å². The highest BCUT2D eigenvalue weighted by Crippen LogP contribution is 2.12. The van der Waals surface area contributed by atoms with Crippen LogP contribution in [0.2, 0.25) is 0 Å². The Morgan fingerprint density at radius 1 is 1.59 bits per heavy atom. The van der Waals surface area contributed by atoms with Crippen LogP contribution in [0, 0.1) is 0 Å². The highest BCUT2D eigenvalue weighted by molar-refractivity contribution is 5.96. The molecular formula is C10H12F2N2O3. The Balaban J connectivity index is 2.29. The SMILES string of the molecule is O=C(NCCOCC(F)F)c1ccncc1O. The number of ether oxygens (including phenoxy) is 1. The maximum Gasteiger partial charge on any atom is 0.261 e. The molecule has 0 fully saturated rings. The van der Waals surface area contributed by atoms with Crippen LogP contribution in [0.5, 0.6) is 5.75 Å².